The average Bonchev–Trinajstić information content (AvgIpc) is 2.40. The third kappa shape index (κ3) is 4.30. The maximum atomic E-state index is 12.0. The van der Waals surface area contributed by atoms with E-state index in [4.69, 9.17) is 28.3 Å². The van der Waals surface area contributed by atoms with E-state index < -0.39 is 28.5 Å². The molecular weight excluding hydrogens is 323 g/mol. The molecule has 9 heteroatoms. The number of hydrogen-bond donors (Lipinski definition) is 2. The van der Waals surface area contributed by atoms with Crippen molar-refractivity contribution in [2.75, 3.05) is 0 Å². The lowest BCUT2D eigenvalue weighted by atomic mass is 10.1. The van der Waals surface area contributed by atoms with Gasteiger partial charge in [0.05, 0.1) is 20.5 Å². The largest absolute Gasteiger partial charge is 0.480 e. The Morgan fingerprint density at radius 1 is 1.43 bits per heavy atom. The number of carboxylic acids is 1. The van der Waals surface area contributed by atoms with Crippen molar-refractivity contribution in [3.63, 3.8) is 0 Å². The predicted molar refractivity (Wildman–Crippen MR) is 76.9 cm³/mol. The number of carboxylic acid groups (broad SMARTS) is 1. The quantitative estimate of drug-likeness (QED) is 0.613. The van der Waals surface area contributed by atoms with E-state index in [0.717, 1.165) is 12.1 Å². The second-order valence-electron chi connectivity index (χ2n) is 4.20. The maximum Gasteiger partial charge on any atom is 0.326 e. The van der Waals surface area contributed by atoms with Crippen molar-refractivity contribution in [2.24, 2.45) is 0 Å². The second kappa shape index (κ2) is 7.24. The molecule has 0 spiro atoms. The summed E-state index contributed by atoms with van der Waals surface area (Å²) in [6, 6.07) is 0.868. The van der Waals surface area contributed by atoms with Gasteiger partial charge < -0.3 is 10.4 Å². The number of nitro groups is 1. The molecule has 0 aliphatic rings. The number of carbonyl (C=O) groups excluding carboxylic acids is 1. The van der Waals surface area contributed by atoms with E-state index in [1.165, 1.54) is 0 Å². The highest BCUT2D eigenvalue weighted by molar-refractivity contribution is 6.44. The van der Waals surface area contributed by atoms with E-state index in [9.17, 15) is 19.7 Å². The van der Waals surface area contributed by atoms with Crippen molar-refractivity contribution in [3.05, 3.63) is 37.9 Å². The van der Waals surface area contributed by atoms with Crippen LogP contribution < -0.4 is 5.32 Å². The Morgan fingerprint density at radius 2 is 2.05 bits per heavy atom. The average molecular weight is 335 g/mol. The first kappa shape index (κ1) is 17.2. The van der Waals surface area contributed by atoms with E-state index in [1.54, 1.807) is 6.92 Å². The molecular formula is C12H12Cl2N2O5. The molecule has 0 radical (unpaired) electrons. The number of halogens is 2. The van der Waals surface area contributed by atoms with Crippen LogP contribution in [0.5, 0.6) is 0 Å². The Labute approximate surface area is 130 Å². The second-order valence-corrected chi connectivity index (χ2v) is 4.98. The van der Waals surface area contributed by atoms with Gasteiger partial charge in [0, 0.05) is 12.1 Å². The maximum absolute atomic E-state index is 12.0. The van der Waals surface area contributed by atoms with Crippen LogP contribution in [0.1, 0.15) is 30.1 Å². The normalized spacial score (nSPS) is 11.8. The zero-order chi connectivity index (χ0) is 16.2. The molecule has 1 aromatic rings. The van der Waals surface area contributed by atoms with Gasteiger partial charge in [-0.05, 0) is 6.42 Å². The molecule has 0 heterocycles. The molecule has 0 aliphatic carbocycles. The fourth-order valence-electron chi connectivity index (χ4n) is 1.63. The van der Waals surface area contributed by atoms with Gasteiger partial charge in [-0.2, -0.15) is 0 Å². The minimum absolute atomic E-state index is 0.154. The van der Waals surface area contributed by atoms with Gasteiger partial charge in [-0.1, -0.05) is 36.5 Å². The summed E-state index contributed by atoms with van der Waals surface area (Å²) in [5.41, 5.74) is -0.643. The van der Waals surface area contributed by atoms with Crippen LogP contribution in [0.3, 0.4) is 0 Å². The molecule has 0 aliphatic heterocycles. The van der Waals surface area contributed by atoms with Crippen molar-refractivity contribution >= 4 is 40.8 Å². The number of aliphatic carboxylic acids is 1. The van der Waals surface area contributed by atoms with E-state index in [1.807, 2.05) is 0 Å². The van der Waals surface area contributed by atoms with Crippen LogP contribution in [-0.2, 0) is 4.79 Å². The lowest BCUT2D eigenvalue weighted by Gasteiger charge is -2.14. The molecule has 0 saturated carbocycles. The summed E-state index contributed by atoms with van der Waals surface area (Å²) < 4.78 is 0. The van der Waals surface area contributed by atoms with Crippen LogP contribution in [0.2, 0.25) is 10.0 Å². The number of nitrogens with one attached hydrogen (secondary N) is 1. The van der Waals surface area contributed by atoms with Gasteiger partial charge in [-0.25, -0.2) is 4.79 Å². The van der Waals surface area contributed by atoms with Gasteiger partial charge in [-0.15, -0.1) is 0 Å². The zero-order valence-electron chi connectivity index (χ0n) is 10.9. The number of rotatable bonds is 6. The predicted octanol–water partition coefficient (Wildman–Crippen LogP) is 2.88. The Balaban J connectivity index is 3.11. The fraction of sp³-hybridized carbons (Fsp3) is 0.333. The van der Waals surface area contributed by atoms with Crippen molar-refractivity contribution in [1.29, 1.82) is 0 Å². The summed E-state index contributed by atoms with van der Waals surface area (Å²) in [7, 11) is 0. The molecule has 21 heavy (non-hydrogen) atoms. The first-order valence-electron chi connectivity index (χ1n) is 5.95. The van der Waals surface area contributed by atoms with Crippen molar-refractivity contribution in [3.8, 4) is 0 Å². The van der Waals surface area contributed by atoms with Crippen molar-refractivity contribution in [1.82, 2.24) is 5.32 Å². The van der Waals surface area contributed by atoms with Crippen molar-refractivity contribution < 1.29 is 19.6 Å². The minimum atomic E-state index is -1.20. The summed E-state index contributed by atoms with van der Waals surface area (Å²) in [6.45, 7) is 1.76. The summed E-state index contributed by atoms with van der Waals surface area (Å²) in [5, 5.41) is 21.7. The standard InChI is InChI=1S/C12H12Cl2N2O5/c1-2-3-9(12(18)19)15-11(17)7-4-6(16(20)21)5-8(13)10(7)14/h4-5,9H,2-3H2,1H3,(H,15,17)(H,18,19)/t9-/m1/s1. The number of benzene rings is 1. The topological polar surface area (TPSA) is 110 Å². The Kier molecular flexibility index (Phi) is 5.92. The number of carbonyl (C=O) groups is 2. The van der Waals surface area contributed by atoms with Crippen molar-refractivity contribution in [2.45, 2.75) is 25.8 Å². The summed E-state index contributed by atoms with van der Waals surface area (Å²) >= 11 is 11.6. The lowest BCUT2D eigenvalue weighted by molar-refractivity contribution is -0.384. The van der Waals surface area contributed by atoms with Gasteiger partial charge >= 0.3 is 5.97 Å². The Hall–Kier alpha value is -1.86. The zero-order valence-corrected chi connectivity index (χ0v) is 12.4. The monoisotopic (exact) mass is 334 g/mol. The van der Waals surface area contributed by atoms with E-state index in [2.05, 4.69) is 5.32 Å². The number of nitro benzene ring substituents is 1. The van der Waals surface area contributed by atoms with E-state index in [-0.39, 0.29) is 22.0 Å². The van der Waals surface area contributed by atoms with Crippen LogP contribution in [-0.4, -0.2) is 27.9 Å². The Morgan fingerprint density at radius 3 is 2.52 bits per heavy atom. The highest BCUT2D eigenvalue weighted by Gasteiger charge is 2.24. The number of non-ortho nitro benzene ring substituents is 1. The highest BCUT2D eigenvalue weighted by Crippen LogP contribution is 2.30. The van der Waals surface area contributed by atoms with Gasteiger partial charge in [0.1, 0.15) is 6.04 Å². The third-order valence-corrected chi connectivity index (χ3v) is 3.45. The SMILES string of the molecule is CCC[C@@H](NC(=O)c1cc([N+](=O)[O-])cc(Cl)c1Cl)C(=O)O. The molecule has 1 atom stereocenters. The van der Waals surface area contributed by atoms with Crippen LogP contribution in [0, 0.1) is 10.1 Å². The lowest BCUT2D eigenvalue weighted by Crippen LogP contribution is -2.40. The third-order valence-electron chi connectivity index (χ3n) is 2.65. The molecule has 1 aromatic carbocycles. The highest BCUT2D eigenvalue weighted by atomic mass is 35.5. The first-order valence-corrected chi connectivity index (χ1v) is 6.70. The van der Waals surface area contributed by atoms with Gasteiger partial charge in [0.15, 0.2) is 0 Å². The Bertz CT molecular complexity index is 591. The summed E-state index contributed by atoms with van der Waals surface area (Å²) in [5.74, 6) is -2.02. The van der Waals surface area contributed by atoms with Crippen LogP contribution in [0.25, 0.3) is 0 Å². The number of nitrogens with zero attached hydrogens (tertiary/aromatic N) is 1. The molecule has 0 aromatic heterocycles. The molecule has 0 saturated heterocycles. The smallest absolute Gasteiger partial charge is 0.326 e. The molecule has 0 bridgehead atoms. The van der Waals surface area contributed by atoms with Crippen LogP contribution in [0.4, 0.5) is 5.69 Å². The van der Waals surface area contributed by atoms with Crippen LogP contribution in [0.15, 0.2) is 12.1 Å². The first-order chi connectivity index (χ1) is 9.77. The molecule has 0 unspecified atom stereocenters. The van der Waals surface area contributed by atoms with Crippen LogP contribution >= 0.6 is 23.2 Å². The van der Waals surface area contributed by atoms with Gasteiger partial charge in [0.25, 0.3) is 11.6 Å². The fourth-order valence-corrected chi connectivity index (χ4v) is 2.04. The summed E-state index contributed by atoms with van der Waals surface area (Å²) in [4.78, 5) is 33.1. The van der Waals surface area contributed by atoms with E-state index >= 15 is 0 Å². The number of amides is 1. The molecule has 1 rings (SSSR count). The molecule has 1 amide bonds. The van der Waals surface area contributed by atoms with Gasteiger partial charge in [0.2, 0.25) is 0 Å². The minimum Gasteiger partial charge on any atom is -0.480 e. The molecule has 7 nitrogen and oxygen atoms in total. The molecule has 0 fully saturated rings. The number of hydrogen-bond acceptors (Lipinski definition) is 4. The van der Waals surface area contributed by atoms with Gasteiger partial charge in [-0.3, -0.25) is 14.9 Å². The molecule has 114 valence electrons. The summed E-state index contributed by atoms with van der Waals surface area (Å²) in [6.07, 6.45) is 0.766. The van der Waals surface area contributed by atoms with E-state index in [0.29, 0.717) is 6.42 Å². The molecule has 2 N–H and O–H groups in total.